The molecule has 0 fully saturated rings. The first kappa shape index (κ1) is 31.5. The van der Waals surface area contributed by atoms with E-state index in [1.54, 1.807) is 0 Å². The van der Waals surface area contributed by atoms with E-state index in [-0.39, 0.29) is 0 Å². The lowest BCUT2D eigenvalue weighted by molar-refractivity contribution is 0.782. The Morgan fingerprint density at radius 2 is 0.948 bits per heavy atom. The van der Waals surface area contributed by atoms with Crippen molar-refractivity contribution in [3.63, 3.8) is 0 Å². The number of aromatic nitrogens is 4. The van der Waals surface area contributed by atoms with Crippen LogP contribution in [0.4, 0.5) is 0 Å². The molecule has 2 aromatic heterocycles. The molecule has 58 heavy (non-hydrogen) atoms. The highest BCUT2D eigenvalue weighted by atomic mass is 15.0. The predicted octanol–water partition coefficient (Wildman–Crippen LogP) is 13.0. The van der Waals surface area contributed by atoms with Crippen LogP contribution in [-0.2, 0) is 5.41 Å². The van der Waals surface area contributed by atoms with Crippen LogP contribution in [0.5, 0.6) is 0 Å². The monoisotopic (exact) mass is 736 g/mol. The Morgan fingerprint density at radius 1 is 0.362 bits per heavy atom. The molecule has 2 aliphatic carbocycles. The number of hydrogen-bond donors (Lipinski definition) is 0. The molecular formula is C54H32N4. The van der Waals surface area contributed by atoms with Gasteiger partial charge in [-0.05, 0) is 73.8 Å². The second-order valence-corrected chi connectivity index (χ2v) is 15.5. The molecular weight excluding hydrogens is 705 g/mol. The summed E-state index contributed by atoms with van der Waals surface area (Å²) in [6.45, 7) is 0. The Kier molecular flexibility index (Phi) is 6.34. The fraction of sp³-hybridized carbons (Fsp3) is 0.0185. The molecule has 4 heteroatoms. The normalized spacial score (nSPS) is 15.0. The van der Waals surface area contributed by atoms with Crippen LogP contribution in [0.1, 0.15) is 22.3 Å². The zero-order valence-electron chi connectivity index (χ0n) is 31.3. The summed E-state index contributed by atoms with van der Waals surface area (Å²) in [5.74, 6) is 1.95. The quantitative estimate of drug-likeness (QED) is 0.177. The minimum absolute atomic E-state index is 0.447. The van der Waals surface area contributed by atoms with Gasteiger partial charge in [0, 0.05) is 32.8 Å². The van der Waals surface area contributed by atoms with Crippen LogP contribution in [0.15, 0.2) is 194 Å². The van der Waals surface area contributed by atoms with Gasteiger partial charge in [-0.25, -0.2) is 15.0 Å². The van der Waals surface area contributed by atoms with Crippen LogP contribution < -0.4 is 0 Å². The molecule has 0 amide bonds. The van der Waals surface area contributed by atoms with Gasteiger partial charge in [-0.15, -0.1) is 0 Å². The van der Waals surface area contributed by atoms with Crippen LogP contribution in [-0.4, -0.2) is 19.5 Å². The van der Waals surface area contributed by atoms with Gasteiger partial charge in [-0.3, -0.25) is 0 Å². The van der Waals surface area contributed by atoms with Gasteiger partial charge in [0.15, 0.2) is 17.5 Å². The molecule has 0 aliphatic heterocycles. The second kappa shape index (κ2) is 11.7. The van der Waals surface area contributed by atoms with Crippen LogP contribution >= 0.6 is 0 Å². The van der Waals surface area contributed by atoms with Crippen molar-refractivity contribution in [1.82, 2.24) is 19.5 Å². The Labute approximate surface area is 334 Å². The molecule has 0 N–H and O–H groups in total. The predicted molar refractivity (Wildman–Crippen MR) is 236 cm³/mol. The summed E-state index contributed by atoms with van der Waals surface area (Å²) in [4.78, 5) is 15.3. The Bertz CT molecular complexity index is 3440. The van der Waals surface area contributed by atoms with E-state index in [0.29, 0.717) is 17.5 Å². The number of benzene rings is 9. The van der Waals surface area contributed by atoms with Gasteiger partial charge in [0.05, 0.1) is 22.1 Å². The molecule has 0 saturated carbocycles. The summed E-state index contributed by atoms with van der Waals surface area (Å²) < 4.78 is 2.51. The van der Waals surface area contributed by atoms with E-state index in [0.717, 1.165) is 33.2 Å². The molecule has 268 valence electrons. The summed E-state index contributed by atoms with van der Waals surface area (Å²) >= 11 is 0. The molecule has 13 rings (SSSR count). The average molecular weight is 737 g/mol. The van der Waals surface area contributed by atoms with Crippen LogP contribution in [0.3, 0.4) is 0 Å². The molecule has 0 spiro atoms. The first-order valence-corrected chi connectivity index (χ1v) is 19.9. The van der Waals surface area contributed by atoms with E-state index in [1.165, 1.54) is 66.0 Å². The maximum Gasteiger partial charge on any atom is 0.164 e. The molecule has 2 aliphatic rings. The summed E-state index contributed by atoms with van der Waals surface area (Å²) in [7, 11) is 0. The van der Waals surface area contributed by atoms with Gasteiger partial charge in [0.2, 0.25) is 0 Å². The smallest absolute Gasteiger partial charge is 0.164 e. The van der Waals surface area contributed by atoms with Crippen molar-refractivity contribution in [1.29, 1.82) is 0 Å². The van der Waals surface area contributed by atoms with Crippen molar-refractivity contribution in [2.24, 2.45) is 0 Å². The highest BCUT2D eigenvalue weighted by molar-refractivity contribution is 6.28. The molecule has 0 saturated heterocycles. The zero-order valence-corrected chi connectivity index (χ0v) is 31.3. The van der Waals surface area contributed by atoms with Gasteiger partial charge in [-0.2, -0.15) is 0 Å². The topological polar surface area (TPSA) is 43.6 Å². The summed E-state index contributed by atoms with van der Waals surface area (Å²) in [5.41, 5.74) is 14.0. The lowest BCUT2D eigenvalue weighted by Crippen LogP contribution is -2.30. The van der Waals surface area contributed by atoms with Crippen molar-refractivity contribution in [3.05, 3.63) is 216 Å². The summed E-state index contributed by atoms with van der Waals surface area (Å²) in [6.07, 6.45) is 0. The lowest BCUT2D eigenvalue weighted by atomic mass is 9.63. The van der Waals surface area contributed by atoms with Crippen LogP contribution in [0, 0.1) is 0 Å². The molecule has 2 heterocycles. The third kappa shape index (κ3) is 4.05. The van der Waals surface area contributed by atoms with Gasteiger partial charge < -0.3 is 4.57 Å². The van der Waals surface area contributed by atoms with Gasteiger partial charge in [0.25, 0.3) is 0 Å². The molecule has 1 atom stereocenters. The molecule has 0 bridgehead atoms. The SMILES string of the molecule is c1ccc(-c2nc(-c3ccccc3)nc(-c3ccc(-n4c5ccc6c7c5c5c8c(cccc8ccc54)C7(c4ccccc4)c4ccccc4-6)c4ccccc34)n2)cc1. The van der Waals surface area contributed by atoms with Gasteiger partial charge in [-0.1, -0.05) is 170 Å². The van der Waals surface area contributed by atoms with E-state index < -0.39 is 5.41 Å². The van der Waals surface area contributed by atoms with Gasteiger partial charge in [0.1, 0.15) is 0 Å². The highest BCUT2D eigenvalue weighted by Gasteiger charge is 2.50. The first-order valence-electron chi connectivity index (χ1n) is 19.9. The number of hydrogen-bond acceptors (Lipinski definition) is 3. The van der Waals surface area contributed by atoms with E-state index in [4.69, 9.17) is 15.0 Å². The molecule has 1 unspecified atom stereocenters. The molecule has 0 radical (unpaired) electrons. The van der Waals surface area contributed by atoms with Crippen molar-refractivity contribution in [3.8, 4) is 51.0 Å². The second-order valence-electron chi connectivity index (χ2n) is 15.5. The number of fused-ring (bicyclic) bond motifs is 5. The van der Waals surface area contributed by atoms with E-state index in [1.807, 2.05) is 36.4 Å². The van der Waals surface area contributed by atoms with Gasteiger partial charge >= 0.3 is 0 Å². The zero-order chi connectivity index (χ0) is 38.0. The third-order valence-corrected chi connectivity index (χ3v) is 12.6. The Hall–Kier alpha value is -7.69. The van der Waals surface area contributed by atoms with Crippen molar-refractivity contribution >= 4 is 43.4 Å². The van der Waals surface area contributed by atoms with E-state index in [9.17, 15) is 0 Å². The number of rotatable bonds is 5. The summed E-state index contributed by atoms with van der Waals surface area (Å²) in [6, 6.07) is 70.1. The van der Waals surface area contributed by atoms with Crippen molar-refractivity contribution < 1.29 is 0 Å². The average Bonchev–Trinajstić information content (AvgIpc) is 3.80. The lowest BCUT2D eigenvalue weighted by Gasteiger charge is -2.37. The fourth-order valence-corrected chi connectivity index (χ4v) is 10.4. The summed E-state index contributed by atoms with van der Waals surface area (Å²) in [5, 5.41) is 7.47. The molecule has 4 nitrogen and oxygen atoms in total. The third-order valence-electron chi connectivity index (χ3n) is 12.6. The molecule has 11 aromatic rings. The Balaban J connectivity index is 1.12. The minimum Gasteiger partial charge on any atom is -0.309 e. The maximum absolute atomic E-state index is 5.15. The molecule has 9 aromatic carbocycles. The van der Waals surface area contributed by atoms with Crippen molar-refractivity contribution in [2.45, 2.75) is 5.41 Å². The van der Waals surface area contributed by atoms with Crippen LogP contribution in [0.25, 0.3) is 94.3 Å². The largest absolute Gasteiger partial charge is 0.309 e. The maximum atomic E-state index is 5.15. The first-order chi connectivity index (χ1) is 28.8. The van der Waals surface area contributed by atoms with E-state index in [2.05, 4.69) is 162 Å². The highest BCUT2D eigenvalue weighted by Crippen LogP contribution is 2.63. The minimum atomic E-state index is -0.447. The fourth-order valence-electron chi connectivity index (χ4n) is 10.4. The van der Waals surface area contributed by atoms with E-state index >= 15 is 0 Å². The van der Waals surface area contributed by atoms with Crippen LogP contribution in [0.2, 0.25) is 0 Å². The standard InChI is InChI=1S/C54H32N4/c1-4-15-34(16-5-1)51-55-52(35-17-6-2-7-18-35)57-53(56-51)41-29-31-44(39-24-11-10-22-37(39)41)58-45-30-27-33-19-14-26-43-47(33)48(45)49-46(58)32-28-40-38-23-12-13-25-42(38)54(43,50(40)49)36-20-8-3-9-21-36/h1-32H. The number of nitrogens with zero attached hydrogens (tertiary/aromatic N) is 4. The van der Waals surface area contributed by atoms with Crippen molar-refractivity contribution in [2.75, 3.05) is 0 Å². The Morgan fingerprint density at radius 3 is 1.71 bits per heavy atom.